The number of nitrogens with zero attached hydrogens (tertiary/aromatic N) is 1. The highest BCUT2D eigenvalue weighted by Gasteiger charge is 2.15. The molecule has 0 unspecified atom stereocenters. The smallest absolute Gasteiger partial charge is 0.340 e. The van der Waals surface area contributed by atoms with Gasteiger partial charge in [0.1, 0.15) is 0 Å². The zero-order chi connectivity index (χ0) is 15.4. The molecule has 0 fully saturated rings. The van der Waals surface area contributed by atoms with Crippen LogP contribution in [0.25, 0.3) is 0 Å². The van der Waals surface area contributed by atoms with E-state index in [2.05, 4.69) is 4.98 Å². The quantitative estimate of drug-likeness (QED) is 0.642. The highest BCUT2D eigenvalue weighted by molar-refractivity contribution is 5.99. The minimum Gasteiger partial charge on any atom is -0.454 e. The second-order valence-corrected chi connectivity index (χ2v) is 5.43. The summed E-state index contributed by atoms with van der Waals surface area (Å²) in [6, 6.07) is 9.05. The van der Waals surface area contributed by atoms with Gasteiger partial charge in [0.25, 0.3) is 0 Å². The Kier molecular flexibility index (Phi) is 4.28. The minimum atomic E-state index is -0.528. The molecule has 2 aromatic rings. The van der Waals surface area contributed by atoms with Crippen LogP contribution in [0.3, 0.4) is 0 Å². The SMILES string of the molecule is O=C(COC(=O)c1cccnc1)c1ccc2c(c1)CCCC2. The number of esters is 1. The van der Waals surface area contributed by atoms with Gasteiger partial charge in [-0.3, -0.25) is 9.78 Å². The van der Waals surface area contributed by atoms with E-state index in [1.807, 2.05) is 18.2 Å². The van der Waals surface area contributed by atoms with E-state index in [1.165, 1.54) is 30.2 Å². The molecule has 0 saturated heterocycles. The van der Waals surface area contributed by atoms with E-state index in [-0.39, 0.29) is 12.4 Å². The summed E-state index contributed by atoms with van der Waals surface area (Å²) in [6.45, 7) is -0.244. The van der Waals surface area contributed by atoms with Crippen LogP contribution in [0, 0.1) is 0 Å². The molecule has 0 aliphatic heterocycles. The minimum absolute atomic E-state index is 0.175. The maximum atomic E-state index is 12.2. The molecule has 112 valence electrons. The highest BCUT2D eigenvalue weighted by Crippen LogP contribution is 2.22. The molecule has 0 bridgehead atoms. The molecule has 3 rings (SSSR count). The molecule has 0 amide bonds. The fourth-order valence-electron chi connectivity index (χ4n) is 2.69. The van der Waals surface area contributed by atoms with Gasteiger partial charge in [-0.05, 0) is 55.0 Å². The summed E-state index contributed by atoms with van der Waals surface area (Å²) in [5.74, 6) is -0.704. The molecular weight excluding hydrogens is 278 g/mol. The average Bonchev–Trinajstić information content (AvgIpc) is 2.59. The first kappa shape index (κ1) is 14.4. The Morgan fingerprint density at radius 2 is 1.86 bits per heavy atom. The number of Topliss-reactive ketones (excluding diaryl/α,β-unsaturated/α-hetero) is 1. The standard InChI is InChI=1S/C18H17NO3/c20-17(12-22-18(21)16-6-3-9-19-11-16)15-8-7-13-4-1-2-5-14(13)10-15/h3,6-11H,1-2,4-5,12H2. The molecule has 1 aromatic carbocycles. The molecule has 0 atom stereocenters. The van der Waals surface area contributed by atoms with Gasteiger partial charge in [-0.1, -0.05) is 12.1 Å². The van der Waals surface area contributed by atoms with Crippen molar-refractivity contribution in [3.05, 3.63) is 65.0 Å². The average molecular weight is 295 g/mol. The van der Waals surface area contributed by atoms with Crippen molar-refractivity contribution in [3.63, 3.8) is 0 Å². The van der Waals surface area contributed by atoms with Crippen LogP contribution in [-0.4, -0.2) is 23.3 Å². The summed E-state index contributed by atoms with van der Waals surface area (Å²) in [5.41, 5.74) is 3.53. The molecule has 1 aliphatic carbocycles. The van der Waals surface area contributed by atoms with Crippen molar-refractivity contribution in [3.8, 4) is 0 Å². The van der Waals surface area contributed by atoms with Crippen LogP contribution >= 0.6 is 0 Å². The first-order chi connectivity index (χ1) is 10.7. The summed E-state index contributed by atoms with van der Waals surface area (Å²) in [5, 5.41) is 0. The Labute approximate surface area is 129 Å². The van der Waals surface area contributed by atoms with Gasteiger partial charge in [0.2, 0.25) is 0 Å². The van der Waals surface area contributed by atoms with Crippen LogP contribution in [0.2, 0.25) is 0 Å². The predicted molar refractivity (Wildman–Crippen MR) is 81.9 cm³/mol. The zero-order valence-electron chi connectivity index (χ0n) is 12.2. The molecule has 22 heavy (non-hydrogen) atoms. The topological polar surface area (TPSA) is 56.3 Å². The Bertz CT molecular complexity index is 695. The number of fused-ring (bicyclic) bond motifs is 1. The first-order valence-electron chi connectivity index (χ1n) is 7.46. The van der Waals surface area contributed by atoms with Crippen molar-refractivity contribution in [2.24, 2.45) is 0 Å². The Morgan fingerprint density at radius 1 is 1.05 bits per heavy atom. The lowest BCUT2D eigenvalue weighted by atomic mass is 9.90. The van der Waals surface area contributed by atoms with Crippen LogP contribution in [0.5, 0.6) is 0 Å². The van der Waals surface area contributed by atoms with E-state index in [0.717, 1.165) is 12.8 Å². The van der Waals surface area contributed by atoms with E-state index >= 15 is 0 Å². The normalized spacial score (nSPS) is 13.3. The van der Waals surface area contributed by atoms with Gasteiger partial charge in [0, 0.05) is 18.0 Å². The third kappa shape index (κ3) is 3.22. The fraction of sp³-hybridized carbons (Fsp3) is 0.278. The Hall–Kier alpha value is -2.49. The number of aryl methyl sites for hydroxylation is 2. The van der Waals surface area contributed by atoms with E-state index < -0.39 is 5.97 Å². The fourth-order valence-corrected chi connectivity index (χ4v) is 2.69. The van der Waals surface area contributed by atoms with Crippen molar-refractivity contribution >= 4 is 11.8 Å². The van der Waals surface area contributed by atoms with Crippen molar-refractivity contribution < 1.29 is 14.3 Å². The summed E-state index contributed by atoms with van der Waals surface area (Å²) < 4.78 is 5.06. The third-order valence-corrected chi connectivity index (χ3v) is 3.90. The van der Waals surface area contributed by atoms with E-state index in [4.69, 9.17) is 4.74 Å². The maximum absolute atomic E-state index is 12.2. The van der Waals surface area contributed by atoms with E-state index in [9.17, 15) is 9.59 Å². The molecule has 1 aliphatic rings. The van der Waals surface area contributed by atoms with Crippen LogP contribution in [0.15, 0.2) is 42.7 Å². The predicted octanol–water partition coefficient (Wildman–Crippen LogP) is 3.00. The number of benzene rings is 1. The number of carbonyl (C=O) groups is 2. The molecule has 0 radical (unpaired) electrons. The Morgan fingerprint density at radius 3 is 2.64 bits per heavy atom. The monoisotopic (exact) mass is 295 g/mol. The molecule has 0 spiro atoms. The molecule has 0 N–H and O–H groups in total. The van der Waals surface area contributed by atoms with Crippen molar-refractivity contribution in [1.29, 1.82) is 0 Å². The number of aromatic nitrogens is 1. The Balaban J connectivity index is 1.64. The van der Waals surface area contributed by atoms with Crippen molar-refractivity contribution in [2.45, 2.75) is 25.7 Å². The molecule has 0 saturated carbocycles. The summed E-state index contributed by atoms with van der Waals surface area (Å²) >= 11 is 0. The van der Waals surface area contributed by atoms with Gasteiger partial charge in [-0.25, -0.2) is 4.79 Å². The number of carbonyl (C=O) groups excluding carboxylic acids is 2. The van der Waals surface area contributed by atoms with Gasteiger partial charge in [0.05, 0.1) is 5.56 Å². The van der Waals surface area contributed by atoms with Gasteiger partial charge < -0.3 is 4.74 Å². The largest absolute Gasteiger partial charge is 0.454 e. The van der Waals surface area contributed by atoms with Crippen molar-refractivity contribution in [2.75, 3.05) is 6.61 Å². The molecule has 4 heteroatoms. The first-order valence-corrected chi connectivity index (χ1v) is 7.46. The van der Waals surface area contributed by atoms with Crippen LogP contribution in [0.1, 0.15) is 44.7 Å². The number of ether oxygens (including phenoxy) is 1. The lowest BCUT2D eigenvalue weighted by molar-refractivity contribution is 0.0474. The molecule has 1 aromatic heterocycles. The van der Waals surface area contributed by atoms with E-state index in [1.54, 1.807) is 18.3 Å². The molecule has 1 heterocycles. The highest BCUT2D eigenvalue weighted by atomic mass is 16.5. The third-order valence-electron chi connectivity index (χ3n) is 3.90. The number of hydrogen-bond acceptors (Lipinski definition) is 4. The van der Waals surface area contributed by atoms with Gasteiger partial charge in [-0.2, -0.15) is 0 Å². The van der Waals surface area contributed by atoms with Gasteiger partial charge in [-0.15, -0.1) is 0 Å². The van der Waals surface area contributed by atoms with Crippen LogP contribution < -0.4 is 0 Å². The number of rotatable bonds is 4. The molecular formula is C18H17NO3. The summed E-state index contributed by atoms with van der Waals surface area (Å²) in [6.07, 6.45) is 7.48. The lowest BCUT2D eigenvalue weighted by Gasteiger charge is -2.16. The summed E-state index contributed by atoms with van der Waals surface area (Å²) in [7, 11) is 0. The zero-order valence-corrected chi connectivity index (χ0v) is 12.2. The second kappa shape index (κ2) is 6.52. The second-order valence-electron chi connectivity index (χ2n) is 5.43. The number of ketones is 1. The maximum Gasteiger partial charge on any atom is 0.340 e. The summed E-state index contributed by atoms with van der Waals surface area (Å²) in [4.78, 5) is 27.8. The molecule has 4 nitrogen and oxygen atoms in total. The van der Waals surface area contributed by atoms with Gasteiger partial charge in [0.15, 0.2) is 12.4 Å². The van der Waals surface area contributed by atoms with Crippen LogP contribution in [-0.2, 0) is 17.6 Å². The van der Waals surface area contributed by atoms with Gasteiger partial charge >= 0.3 is 5.97 Å². The van der Waals surface area contributed by atoms with E-state index in [0.29, 0.717) is 11.1 Å². The number of pyridine rings is 1. The lowest BCUT2D eigenvalue weighted by Crippen LogP contribution is -2.15. The van der Waals surface area contributed by atoms with Crippen LogP contribution in [0.4, 0.5) is 0 Å². The number of hydrogen-bond donors (Lipinski definition) is 0. The van der Waals surface area contributed by atoms with Crippen molar-refractivity contribution in [1.82, 2.24) is 4.98 Å².